The lowest BCUT2D eigenvalue weighted by Crippen LogP contribution is -2.10. The fourth-order valence-electron chi connectivity index (χ4n) is 5.12. The first-order valence-corrected chi connectivity index (χ1v) is 16.8. The summed E-state index contributed by atoms with van der Waals surface area (Å²) < 4.78 is 60.1. The van der Waals surface area contributed by atoms with E-state index in [1.807, 2.05) is 0 Å². The number of carbonyl (C=O) groups excluding carboxylic acids is 1. The van der Waals surface area contributed by atoms with Crippen LogP contribution in [0.2, 0.25) is 0 Å². The van der Waals surface area contributed by atoms with Crippen molar-refractivity contribution >= 4 is 5.97 Å². The van der Waals surface area contributed by atoms with Gasteiger partial charge in [-0.25, -0.2) is 9.18 Å². The van der Waals surface area contributed by atoms with E-state index in [9.17, 15) is 18.0 Å². The highest BCUT2D eigenvalue weighted by Gasteiger charge is 2.19. The van der Waals surface area contributed by atoms with Gasteiger partial charge in [0.25, 0.3) is 0 Å². The summed E-state index contributed by atoms with van der Waals surface area (Å²) >= 11 is 0. The van der Waals surface area contributed by atoms with Gasteiger partial charge >= 0.3 is 5.97 Å². The maximum Gasteiger partial charge on any atom is 0.343 e. The van der Waals surface area contributed by atoms with Crippen LogP contribution in [0.3, 0.4) is 0 Å². The molecule has 3 aromatic carbocycles. The lowest BCUT2D eigenvalue weighted by Gasteiger charge is -2.11. The second kappa shape index (κ2) is 20.5. The highest BCUT2D eigenvalue weighted by atomic mass is 19.2. The van der Waals surface area contributed by atoms with Gasteiger partial charge in [0.15, 0.2) is 23.1 Å². The standard InChI is InChI=1S/C38H49F3O4/c1-3-5-7-9-11-13-15-16-26-43-33-23-22-31(28-32(33)39)29-18-20-30(21-19-29)38(42)45-35-25-24-34(36(40)37(35)41)44-27-17-14-12-10-8-6-4-2/h18-25,28H,3-17,26-27H2,1-2H3. The molecule has 0 saturated carbocycles. The van der Waals surface area contributed by atoms with E-state index in [4.69, 9.17) is 14.2 Å². The fourth-order valence-corrected chi connectivity index (χ4v) is 5.12. The van der Waals surface area contributed by atoms with E-state index in [2.05, 4.69) is 13.8 Å². The average molecular weight is 627 g/mol. The van der Waals surface area contributed by atoms with E-state index in [0.29, 0.717) is 17.7 Å². The quantitative estimate of drug-likeness (QED) is 0.0632. The molecular formula is C38H49F3O4. The topological polar surface area (TPSA) is 44.8 Å². The van der Waals surface area contributed by atoms with Gasteiger partial charge in [-0.3, -0.25) is 0 Å². The Hall–Kier alpha value is -3.48. The van der Waals surface area contributed by atoms with Crippen molar-refractivity contribution < 1.29 is 32.2 Å². The molecule has 3 rings (SSSR count). The van der Waals surface area contributed by atoms with Gasteiger partial charge in [-0.05, 0) is 60.4 Å². The van der Waals surface area contributed by atoms with Crippen LogP contribution < -0.4 is 14.2 Å². The second-order valence-corrected chi connectivity index (χ2v) is 11.6. The van der Waals surface area contributed by atoms with E-state index in [1.165, 1.54) is 94.5 Å². The van der Waals surface area contributed by atoms with Crippen LogP contribution in [-0.2, 0) is 0 Å². The van der Waals surface area contributed by atoms with E-state index in [-0.39, 0.29) is 23.7 Å². The van der Waals surface area contributed by atoms with Crippen molar-refractivity contribution in [2.75, 3.05) is 13.2 Å². The third-order valence-corrected chi connectivity index (χ3v) is 7.86. The van der Waals surface area contributed by atoms with Crippen molar-refractivity contribution in [1.29, 1.82) is 0 Å². The summed E-state index contributed by atoms with van der Waals surface area (Å²) in [5.74, 6) is -4.28. The minimum absolute atomic E-state index is 0.142. The first kappa shape index (κ1) is 36.0. The molecule has 0 N–H and O–H groups in total. The molecule has 0 aliphatic carbocycles. The summed E-state index contributed by atoms with van der Waals surface area (Å²) in [6.07, 6.45) is 17.1. The Bertz CT molecular complexity index is 1290. The minimum Gasteiger partial charge on any atom is -0.491 e. The number of carbonyl (C=O) groups is 1. The number of ether oxygens (including phenoxy) is 3. The molecule has 0 aromatic heterocycles. The van der Waals surface area contributed by atoms with Crippen LogP contribution in [0.25, 0.3) is 11.1 Å². The summed E-state index contributed by atoms with van der Waals surface area (Å²) in [4.78, 5) is 12.7. The van der Waals surface area contributed by atoms with Crippen LogP contribution in [0, 0.1) is 17.5 Å². The zero-order valence-corrected chi connectivity index (χ0v) is 27.0. The molecule has 3 aromatic rings. The van der Waals surface area contributed by atoms with Gasteiger partial charge in [-0.1, -0.05) is 116 Å². The van der Waals surface area contributed by atoms with Crippen LogP contribution in [-0.4, -0.2) is 19.2 Å². The first-order valence-electron chi connectivity index (χ1n) is 16.8. The Morgan fingerprint density at radius 3 is 1.53 bits per heavy atom. The summed E-state index contributed by atoms with van der Waals surface area (Å²) in [6, 6.07) is 13.5. The monoisotopic (exact) mass is 626 g/mol. The first-order chi connectivity index (χ1) is 21.9. The summed E-state index contributed by atoms with van der Waals surface area (Å²) in [7, 11) is 0. The molecule has 0 aliphatic heterocycles. The molecule has 0 radical (unpaired) electrons. The number of esters is 1. The number of hydrogen-bond acceptors (Lipinski definition) is 4. The van der Waals surface area contributed by atoms with E-state index >= 15 is 0 Å². The van der Waals surface area contributed by atoms with Gasteiger partial charge in [0.2, 0.25) is 11.6 Å². The van der Waals surface area contributed by atoms with E-state index in [1.54, 1.807) is 24.3 Å². The number of rotatable bonds is 22. The molecule has 0 amide bonds. The Morgan fingerprint density at radius 2 is 0.978 bits per heavy atom. The van der Waals surface area contributed by atoms with Crippen LogP contribution in [0.4, 0.5) is 13.2 Å². The van der Waals surface area contributed by atoms with Gasteiger partial charge < -0.3 is 14.2 Å². The Morgan fingerprint density at radius 1 is 0.533 bits per heavy atom. The number of hydrogen-bond donors (Lipinski definition) is 0. The van der Waals surface area contributed by atoms with Gasteiger partial charge in [0.1, 0.15) is 0 Å². The molecule has 4 nitrogen and oxygen atoms in total. The SMILES string of the molecule is CCCCCCCCCCOc1ccc(-c2ccc(C(=O)Oc3ccc(OCCCCCCCCC)c(F)c3F)cc2)cc1F. The number of unbranched alkanes of at least 4 members (excludes halogenated alkanes) is 13. The predicted octanol–water partition coefficient (Wildman–Crippen LogP) is 11.6. The lowest BCUT2D eigenvalue weighted by molar-refractivity contribution is 0.0726. The largest absolute Gasteiger partial charge is 0.491 e. The van der Waals surface area contributed by atoms with Crippen LogP contribution in [0.15, 0.2) is 54.6 Å². The van der Waals surface area contributed by atoms with E-state index in [0.717, 1.165) is 32.1 Å². The van der Waals surface area contributed by atoms with Crippen LogP contribution in [0.1, 0.15) is 121 Å². The molecule has 0 saturated heterocycles. The summed E-state index contributed by atoms with van der Waals surface area (Å²) in [5, 5.41) is 0. The lowest BCUT2D eigenvalue weighted by atomic mass is 10.0. The van der Waals surface area contributed by atoms with Crippen molar-refractivity contribution in [2.45, 2.75) is 110 Å². The molecule has 0 unspecified atom stereocenters. The molecule has 0 bridgehead atoms. The van der Waals surface area contributed by atoms with Crippen LogP contribution >= 0.6 is 0 Å². The van der Waals surface area contributed by atoms with Gasteiger partial charge in [-0.15, -0.1) is 0 Å². The number of benzene rings is 3. The Labute approximate surface area is 267 Å². The molecule has 0 spiro atoms. The predicted molar refractivity (Wildman–Crippen MR) is 175 cm³/mol. The molecular weight excluding hydrogens is 577 g/mol. The zero-order valence-electron chi connectivity index (χ0n) is 27.0. The minimum atomic E-state index is -1.28. The smallest absolute Gasteiger partial charge is 0.343 e. The van der Waals surface area contributed by atoms with E-state index < -0.39 is 29.2 Å². The van der Waals surface area contributed by atoms with Gasteiger partial charge in [0, 0.05) is 0 Å². The Kier molecular flexibility index (Phi) is 16.4. The van der Waals surface area contributed by atoms with Crippen molar-refractivity contribution in [3.05, 3.63) is 77.6 Å². The van der Waals surface area contributed by atoms with Gasteiger partial charge in [0.05, 0.1) is 18.8 Å². The third kappa shape index (κ3) is 12.4. The molecule has 0 fully saturated rings. The third-order valence-electron chi connectivity index (χ3n) is 7.86. The second-order valence-electron chi connectivity index (χ2n) is 11.6. The van der Waals surface area contributed by atoms with Crippen molar-refractivity contribution in [3.63, 3.8) is 0 Å². The maximum atomic E-state index is 14.7. The fraction of sp³-hybridized carbons (Fsp3) is 0.500. The number of halogens is 3. The van der Waals surface area contributed by atoms with Crippen LogP contribution in [0.5, 0.6) is 17.2 Å². The molecule has 0 heterocycles. The zero-order chi connectivity index (χ0) is 32.3. The Balaban J connectivity index is 1.45. The molecule has 7 heteroatoms. The molecule has 0 aliphatic rings. The van der Waals surface area contributed by atoms with Gasteiger partial charge in [-0.2, -0.15) is 8.78 Å². The normalized spacial score (nSPS) is 11.0. The molecule has 0 atom stereocenters. The average Bonchev–Trinajstić information content (AvgIpc) is 3.05. The highest BCUT2D eigenvalue weighted by Crippen LogP contribution is 2.30. The summed E-state index contributed by atoms with van der Waals surface area (Å²) in [6.45, 7) is 5.14. The van der Waals surface area contributed by atoms with Crippen molar-refractivity contribution in [2.24, 2.45) is 0 Å². The molecule has 45 heavy (non-hydrogen) atoms. The molecule has 246 valence electrons. The maximum absolute atomic E-state index is 14.7. The van der Waals surface area contributed by atoms with Crippen molar-refractivity contribution in [3.8, 4) is 28.4 Å². The highest BCUT2D eigenvalue weighted by molar-refractivity contribution is 5.91. The van der Waals surface area contributed by atoms with Crippen molar-refractivity contribution in [1.82, 2.24) is 0 Å². The summed E-state index contributed by atoms with van der Waals surface area (Å²) in [5.41, 5.74) is 1.44.